The van der Waals surface area contributed by atoms with Crippen molar-refractivity contribution >= 4 is 11.8 Å². The standard InChI is InChI=1S/C15H19N/c1-6-14-9-7-8-10-15(14)13(4)16(5)11-12(2)3/h6-10H,1-2,4,11H2,3,5H3. The van der Waals surface area contributed by atoms with Crippen molar-refractivity contribution in [3.63, 3.8) is 0 Å². The molecule has 0 radical (unpaired) electrons. The maximum absolute atomic E-state index is 4.12. The molecule has 0 unspecified atom stereocenters. The van der Waals surface area contributed by atoms with Gasteiger partial charge in [-0.05, 0) is 12.5 Å². The topological polar surface area (TPSA) is 3.24 Å². The first-order chi connectivity index (χ1) is 7.56. The number of nitrogens with zero attached hydrogens (tertiary/aromatic N) is 1. The Morgan fingerprint density at radius 1 is 1.31 bits per heavy atom. The Morgan fingerprint density at radius 3 is 2.50 bits per heavy atom. The zero-order valence-corrected chi connectivity index (χ0v) is 10.2. The number of hydrogen-bond donors (Lipinski definition) is 0. The highest BCUT2D eigenvalue weighted by Gasteiger charge is 2.07. The first-order valence-electron chi connectivity index (χ1n) is 5.32. The summed E-state index contributed by atoms with van der Waals surface area (Å²) in [6.45, 7) is 14.7. The summed E-state index contributed by atoms with van der Waals surface area (Å²) in [5.41, 5.74) is 4.36. The highest BCUT2D eigenvalue weighted by Crippen LogP contribution is 2.21. The summed E-state index contributed by atoms with van der Waals surface area (Å²) in [6, 6.07) is 8.13. The van der Waals surface area contributed by atoms with Crippen LogP contribution < -0.4 is 0 Å². The molecule has 0 heterocycles. The molecule has 16 heavy (non-hydrogen) atoms. The van der Waals surface area contributed by atoms with Crippen molar-refractivity contribution in [1.29, 1.82) is 0 Å². The summed E-state index contributed by atoms with van der Waals surface area (Å²) in [4.78, 5) is 2.10. The zero-order valence-electron chi connectivity index (χ0n) is 10.2. The van der Waals surface area contributed by atoms with Crippen LogP contribution in [0.5, 0.6) is 0 Å². The number of rotatable bonds is 5. The van der Waals surface area contributed by atoms with Gasteiger partial charge in [-0.2, -0.15) is 0 Å². The smallest absolute Gasteiger partial charge is 0.0380 e. The van der Waals surface area contributed by atoms with Gasteiger partial charge < -0.3 is 4.90 Å². The average Bonchev–Trinajstić information content (AvgIpc) is 2.27. The number of likely N-dealkylation sites (N-methyl/N-ethyl adjacent to an activating group) is 1. The summed E-state index contributed by atoms with van der Waals surface area (Å²) in [7, 11) is 2.02. The molecule has 1 aromatic rings. The Hall–Kier alpha value is -1.76. The SMILES string of the molecule is C=Cc1ccccc1C(=C)N(C)CC(=C)C. The molecule has 0 amide bonds. The summed E-state index contributed by atoms with van der Waals surface area (Å²) in [5.74, 6) is 0. The Labute approximate surface area is 98.4 Å². The molecule has 0 aliphatic carbocycles. The zero-order chi connectivity index (χ0) is 12.1. The van der Waals surface area contributed by atoms with Gasteiger partial charge in [0.25, 0.3) is 0 Å². The van der Waals surface area contributed by atoms with Gasteiger partial charge in [0, 0.05) is 24.9 Å². The minimum atomic E-state index is 0.824. The lowest BCUT2D eigenvalue weighted by Gasteiger charge is -2.23. The molecule has 1 nitrogen and oxygen atoms in total. The van der Waals surface area contributed by atoms with Crippen molar-refractivity contribution in [3.8, 4) is 0 Å². The van der Waals surface area contributed by atoms with Crippen molar-refractivity contribution in [2.24, 2.45) is 0 Å². The van der Waals surface area contributed by atoms with Crippen molar-refractivity contribution in [2.75, 3.05) is 13.6 Å². The maximum atomic E-state index is 4.12. The van der Waals surface area contributed by atoms with Gasteiger partial charge in [0.2, 0.25) is 0 Å². The lowest BCUT2D eigenvalue weighted by Crippen LogP contribution is -2.18. The van der Waals surface area contributed by atoms with Crippen LogP contribution in [0.2, 0.25) is 0 Å². The fraction of sp³-hybridized carbons (Fsp3) is 0.200. The van der Waals surface area contributed by atoms with Gasteiger partial charge in [-0.15, -0.1) is 0 Å². The van der Waals surface area contributed by atoms with E-state index in [4.69, 9.17) is 0 Å². The minimum absolute atomic E-state index is 0.824. The first-order valence-corrected chi connectivity index (χ1v) is 5.32. The third-order valence-corrected chi connectivity index (χ3v) is 2.46. The van der Waals surface area contributed by atoms with Gasteiger partial charge in [0.1, 0.15) is 0 Å². The van der Waals surface area contributed by atoms with Crippen LogP contribution in [0.3, 0.4) is 0 Å². The molecule has 1 rings (SSSR count). The van der Waals surface area contributed by atoms with Crippen LogP contribution in [0, 0.1) is 0 Å². The molecule has 0 fully saturated rings. The predicted octanol–water partition coefficient (Wildman–Crippen LogP) is 3.81. The highest BCUT2D eigenvalue weighted by atomic mass is 15.1. The van der Waals surface area contributed by atoms with Crippen molar-refractivity contribution in [2.45, 2.75) is 6.92 Å². The first kappa shape index (κ1) is 12.3. The highest BCUT2D eigenvalue weighted by molar-refractivity contribution is 5.71. The fourth-order valence-corrected chi connectivity index (χ4v) is 1.64. The van der Waals surface area contributed by atoms with E-state index in [9.17, 15) is 0 Å². The van der Waals surface area contributed by atoms with E-state index in [1.165, 1.54) is 0 Å². The third kappa shape index (κ3) is 2.86. The molecule has 0 aromatic heterocycles. The molecular weight excluding hydrogens is 194 g/mol. The van der Waals surface area contributed by atoms with Crippen LogP contribution in [0.15, 0.2) is 49.6 Å². The minimum Gasteiger partial charge on any atom is -0.371 e. The van der Waals surface area contributed by atoms with Crippen LogP contribution in [0.4, 0.5) is 0 Å². The van der Waals surface area contributed by atoms with Crippen LogP contribution in [-0.2, 0) is 0 Å². The van der Waals surface area contributed by atoms with Crippen molar-refractivity contribution in [1.82, 2.24) is 4.90 Å². The van der Waals surface area contributed by atoms with Gasteiger partial charge in [-0.25, -0.2) is 0 Å². The summed E-state index contributed by atoms with van der Waals surface area (Å²) < 4.78 is 0. The van der Waals surface area contributed by atoms with E-state index in [-0.39, 0.29) is 0 Å². The van der Waals surface area contributed by atoms with E-state index in [1.54, 1.807) is 0 Å². The molecule has 0 saturated carbocycles. The van der Waals surface area contributed by atoms with E-state index < -0.39 is 0 Å². The fourth-order valence-electron chi connectivity index (χ4n) is 1.64. The van der Waals surface area contributed by atoms with E-state index in [0.717, 1.165) is 28.9 Å². The summed E-state index contributed by atoms with van der Waals surface area (Å²) >= 11 is 0. The van der Waals surface area contributed by atoms with Crippen molar-refractivity contribution < 1.29 is 0 Å². The molecule has 0 bridgehead atoms. The molecule has 0 saturated heterocycles. The largest absolute Gasteiger partial charge is 0.371 e. The monoisotopic (exact) mass is 213 g/mol. The molecule has 0 spiro atoms. The molecular formula is C15H19N. The Morgan fingerprint density at radius 2 is 1.94 bits per heavy atom. The van der Waals surface area contributed by atoms with Gasteiger partial charge in [-0.1, -0.05) is 55.7 Å². The molecule has 0 aliphatic rings. The van der Waals surface area contributed by atoms with Crippen LogP contribution >= 0.6 is 0 Å². The van der Waals surface area contributed by atoms with Gasteiger partial charge in [0.15, 0.2) is 0 Å². The Kier molecular flexibility index (Phi) is 4.12. The quantitative estimate of drug-likeness (QED) is 0.672. The van der Waals surface area contributed by atoms with Crippen LogP contribution in [0.1, 0.15) is 18.1 Å². The van der Waals surface area contributed by atoms with E-state index in [1.807, 2.05) is 38.2 Å². The third-order valence-electron chi connectivity index (χ3n) is 2.46. The summed E-state index contributed by atoms with van der Waals surface area (Å²) in [6.07, 6.45) is 1.86. The molecule has 0 atom stereocenters. The normalized spacial score (nSPS) is 9.62. The van der Waals surface area contributed by atoms with E-state index in [0.29, 0.717) is 0 Å². The maximum Gasteiger partial charge on any atom is 0.0380 e. The second kappa shape index (κ2) is 5.36. The van der Waals surface area contributed by atoms with E-state index >= 15 is 0 Å². The van der Waals surface area contributed by atoms with Gasteiger partial charge >= 0.3 is 0 Å². The number of hydrogen-bond acceptors (Lipinski definition) is 1. The lowest BCUT2D eigenvalue weighted by atomic mass is 10.0. The molecule has 0 N–H and O–H groups in total. The number of benzene rings is 1. The predicted molar refractivity (Wildman–Crippen MR) is 73.0 cm³/mol. The Bertz CT molecular complexity index is 415. The lowest BCUT2D eigenvalue weighted by molar-refractivity contribution is 0.524. The second-order valence-electron chi connectivity index (χ2n) is 4.05. The molecule has 0 aliphatic heterocycles. The second-order valence-corrected chi connectivity index (χ2v) is 4.05. The van der Waals surface area contributed by atoms with Crippen molar-refractivity contribution in [3.05, 3.63) is 60.7 Å². The molecule has 1 aromatic carbocycles. The summed E-state index contributed by atoms with van der Waals surface area (Å²) in [5, 5.41) is 0. The van der Waals surface area contributed by atoms with Gasteiger partial charge in [0.05, 0.1) is 0 Å². The molecule has 84 valence electrons. The van der Waals surface area contributed by atoms with E-state index in [2.05, 4.69) is 30.7 Å². The molecule has 1 heteroatoms. The van der Waals surface area contributed by atoms with Gasteiger partial charge in [-0.3, -0.25) is 0 Å². The average molecular weight is 213 g/mol. The Balaban J connectivity index is 2.95. The van der Waals surface area contributed by atoms with Crippen LogP contribution in [0.25, 0.3) is 11.8 Å². The van der Waals surface area contributed by atoms with Crippen LogP contribution in [-0.4, -0.2) is 18.5 Å².